The van der Waals surface area contributed by atoms with Crippen molar-refractivity contribution in [2.45, 2.75) is 76.5 Å². The lowest BCUT2D eigenvalue weighted by atomic mass is 10.0. The fourth-order valence-corrected chi connectivity index (χ4v) is 3.46. The summed E-state index contributed by atoms with van der Waals surface area (Å²) in [4.78, 5) is 0.420. The van der Waals surface area contributed by atoms with Crippen LogP contribution in [0.25, 0.3) is 0 Å². The number of alkyl halides is 1. The van der Waals surface area contributed by atoms with Crippen molar-refractivity contribution in [3.63, 3.8) is 0 Å². The van der Waals surface area contributed by atoms with Crippen molar-refractivity contribution in [2.24, 2.45) is 0 Å². The minimum absolute atomic E-state index is 0.359. The molecule has 0 radical (unpaired) electrons. The molecular formula is C18H29BrO. The highest BCUT2D eigenvalue weighted by Gasteiger charge is 2.10. The lowest BCUT2D eigenvalue weighted by molar-refractivity contribution is 0.474. The number of aromatic hydroxyl groups is 1. The second-order valence-corrected chi connectivity index (χ2v) is 6.88. The number of phenols is 1. The van der Waals surface area contributed by atoms with E-state index in [9.17, 15) is 5.11 Å². The highest BCUT2D eigenvalue weighted by atomic mass is 79.9. The monoisotopic (exact) mass is 340 g/mol. The van der Waals surface area contributed by atoms with Crippen LogP contribution in [-0.2, 0) is 0 Å². The molecule has 1 N–H and O–H groups in total. The Morgan fingerprint density at radius 2 is 1.60 bits per heavy atom. The molecule has 0 aliphatic rings. The molecule has 1 aromatic rings. The van der Waals surface area contributed by atoms with E-state index in [1.54, 1.807) is 6.07 Å². The second-order valence-electron chi connectivity index (χ2n) is 5.77. The van der Waals surface area contributed by atoms with Gasteiger partial charge in [0.2, 0.25) is 0 Å². The number of hydrogen-bond donors (Lipinski definition) is 1. The van der Waals surface area contributed by atoms with Crippen LogP contribution in [0, 0.1) is 6.92 Å². The standard InChI is InChI=1S/C18H29BrO/c1-3-4-5-6-7-8-9-10-11-18(19)17-13-12-16(20)14-15(17)2/h12-14,18,20H,3-11H2,1-2H3. The maximum Gasteiger partial charge on any atom is 0.115 e. The average molecular weight is 341 g/mol. The van der Waals surface area contributed by atoms with Crippen LogP contribution >= 0.6 is 15.9 Å². The summed E-state index contributed by atoms with van der Waals surface area (Å²) in [5, 5.41) is 9.44. The summed E-state index contributed by atoms with van der Waals surface area (Å²) in [6.45, 7) is 4.33. The highest BCUT2D eigenvalue weighted by Crippen LogP contribution is 2.32. The number of aryl methyl sites for hydroxylation is 1. The van der Waals surface area contributed by atoms with Gasteiger partial charge < -0.3 is 5.11 Å². The van der Waals surface area contributed by atoms with Crippen molar-refractivity contribution in [3.05, 3.63) is 29.3 Å². The third kappa shape index (κ3) is 6.78. The molecule has 0 aromatic heterocycles. The number of benzene rings is 1. The Morgan fingerprint density at radius 1 is 1.00 bits per heavy atom. The first-order valence-corrected chi connectivity index (χ1v) is 9.00. The van der Waals surface area contributed by atoms with Crippen molar-refractivity contribution in [1.82, 2.24) is 0 Å². The summed E-state index contributed by atoms with van der Waals surface area (Å²) in [7, 11) is 0. The first kappa shape index (κ1) is 17.6. The van der Waals surface area contributed by atoms with Gasteiger partial charge in [-0.3, -0.25) is 0 Å². The SMILES string of the molecule is CCCCCCCCCCC(Br)c1ccc(O)cc1C. The fraction of sp³-hybridized carbons (Fsp3) is 0.667. The smallest absolute Gasteiger partial charge is 0.115 e. The Balaban J connectivity index is 2.15. The summed E-state index contributed by atoms with van der Waals surface area (Å²) in [5.41, 5.74) is 2.48. The van der Waals surface area contributed by atoms with Crippen molar-refractivity contribution in [1.29, 1.82) is 0 Å². The zero-order chi connectivity index (χ0) is 14.8. The quantitative estimate of drug-likeness (QED) is 0.372. The molecule has 0 saturated heterocycles. The Morgan fingerprint density at radius 3 is 2.20 bits per heavy atom. The molecule has 1 unspecified atom stereocenters. The maximum absolute atomic E-state index is 9.44. The molecule has 114 valence electrons. The van der Waals surface area contributed by atoms with Crippen LogP contribution in [-0.4, -0.2) is 5.11 Å². The average Bonchev–Trinajstić information content (AvgIpc) is 2.41. The van der Waals surface area contributed by atoms with E-state index in [1.807, 2.05) is 12.1 Å². The number of phenolic OH excluding ortho intramolecular Hbond substituents is 1. The van der Waals surface area contributed by atoms with E-state index in [-0.39, 0.29) is 0 Å². The van der Waals surface area contributed by atoms with E-state index in [1.165, 1.54) is 68.9 Å². The van der Waals surface area contributed by atoms with Gasteiger partial charge in [0, 0.05) is 4.83 Å². The number of hydrogen-bond acceptors (Lipinski definition) is 1. The molecule has 0 fully saturated rings. The fourth-order valence-electron chi connectivity index (χ4n) is 2.62. The molecular weight excluding hydrogens is 312 g/mol. The van der Waals surface area contributed by atoms with E-state index in [0.717, 1.165) is 0 Å². The van der Waals surface area contributed by atoms with Crippen LogP contribution in [0.2, 0.25) is 0 Å². The van der Waals surface area contributed by atoms with Crippen LogP contribution in [0.15, 0.2) is 18.2 Å². The van der Waals surface area contributed by atoms with Crippen LogP contribution in [0.4, 0.5) is 0 Å². The van der Waals surface area contributed by atoms with Crippen molar-refractivity contribution in [3.8, 4) is 5.75 Å². The highest BCUT2D eigenvalue weighted by molar-refractivity contribution is 9.09. The van der Waals surface area contributed by atoms with Crippen LogP contribution in [0.1, 0.15) is 80.7 Å². The predicted octanol–water partition coefficient (Wildman–Crippen LogP) is 6.67. The molecule has 0 spiro atoms. The number of unbranched alkanes of at least 4 members (excludes halogenated alkanes) is 7. The number of halogens is 1. The predicted molar refractivity (Wildman–Crippen MR) is 91.7 cm³/mol. The van der Waals surface area contributed by atoms with Gasteiger partial charge in [0.25, 0.3) is 0 Å². The molecule has 0 amide bonds. The van der Waals surface area contributed by atoms with Gasteiger partial charge in [-0.2, -0.15) is 0 Å². The molecule has 1 atom stereocenters. The Labute approximate surface area is 132 Å². The zero-order valence-corrected chi connectivity index (χ0v) is 14.6. The summed E-state index contributed by atoms with van der Waals surface area (Å²) < 4.78 is 0. The second kappa shape index (κ2) is 10.3. The van der Waals surface area contributed by atoms with Gasteiger partial charge in [-0.05, 0) is 36.6 Å². The zero-order valence-electron chi connectivity index (χ0n) is 13.0. The maximum atomic E-state index is 9.44. The van der Waals surface area contributed by atoms with Gasteiger partial charge in [-0.15, -0.1) is 0 Å². The van der Waals surface area contributed by atoms with Crippen molar-refractivity contribution < 1.29 is 5.11 Å². The van der Waals surface area contributed by atoms with Crippen molar-refractivity contribution >= 4 is 15.9 Å². The third-order valence-corrected chi connectivity index (χ3v) is 4.85. The molecule has 20 heavy (non-hydrogen) atoms. The molecule has 0 bridgehead atoms. The molecule has 1 nitrogen and oxygen atoms in total. The Kier molecular flexibility index (Phi) is 9.00. The Hall–Kier alpha value is -0.500. The van der Waals surface area contributed by atoms with Gasteiger partial charge in [-0.25, -0.2) is 0 Å². The summed E-state index contributed by atoms with van der Waals surface area (Å²) in [5.74, 6) is 0.359. The van der Waals surface area contributed by atoms with Crippen LogP contribution in [0.3, 0.4) is 0 Å². The van der Waals surface area contributed by atoms with Crippen LogP contribution in [0.5, 0.6) is 5.75 Å². The van der Waals surface area contributed by atoms with E-state index in [0.29, 0.717) is 10.6 Å². The van der Waals surface area contributed by atoms with E-state index < -0.39 is 0 Å². The van der Waals surface area contributed by atoms with Gasteiger partial charge in [-0.1, -0.05) is 80.3 Å². The molecule has 0 heterocycles. The largest absolute Gasteiger partial charge is 0.508 e. The van der Waals surface area contributed by atoms with Crippen molar-refractivity contribution in [2.75, 3.05) is 0 Å². The van der Waals surface area contributed by atoms with Gasteiger partial charge in [0.05, 0.1) is 0 Å². The third-order valence-electron chi connectivity index (χ3n) is 3.90. The topological polar surface area (TPSA) is 20.2 Å². The van der Waals surface area contributed by atoms with Gasteiger partial charge in [0.15, 0.2) is 0 Å². The normalized spacial score (nSPS) is 12.6. The summed E-state index contributed by atoms with van der Waals surface area (Å²) in [6, 6.07) is 5.66. The van der Waals surface area contributed by atoms with E-state index in [2.05, 4.69) is 29.8 Å². The molecule has 0 aliphatic heterocycles. The number of rotatable bonds is 10. The summed E-state index contributed by atoms with van der Waals surface area (Å²) in [6.07, 6.45) is 12.1. The van der Waals surface area contributed by atoms with Gasteiger partial charge in [0.1, 0.15) is 5.75 Å². The first-order valence-electron chi connectivity index (χ1n) is 8.08. The summed E-state index contributed by atoms with van der Waals surface area (Å²) >= 11 is 3.78. The first-order chi connectivity index (χ1) is 9.65. The van der Waals surface area contributed by atoms with Gasteiger partial charge >= 0.3 is 0 Å². The Bertz CT molecular complexity index is 376. The lowest BCUT2D eigenvalue weighted by Gasteiger charge is -2.13. The molecule has 0 aliphatic carbocycles. The molecule has 2 heteroatoms. The lowest BCUT2D eigenvalue weighted by Crippen LogP contribution is -1.94. The molecule has 1 rings (SSSR count). The van der Waals surface area contributed by atoms with Crippen LogP contribution < -0.4 is 0 Å². The van der Waals surface area contributed by atoms with E-state index in [4.69, 9.17) is 0 Å². The minimum Gasteiger partial charge on any atom is -0.508 e. The minimum atomic E-state index is 0.359. The van der Waals surface area contributed by atoms with E-state index >= 15 is 0 Å². The molecule has 1 aromatic carbocycles. The molecule has 0 saturated carbocycles.